The van der Waals surface area contributed by atoms with Crippen LogP contribution in [-0.4, -0.2) is 55.0 Å². The first-order valence-corrected chi connectivity index (χ1v) is 14.1. The van der Waals surface area contributed by atoms with Crippen molar-refractivity contribution < 1.29 is 21.9 Å². The molecular weight excluding hydrogens is 540 g/mol. The summed E-state index contributed by atoms with van der Waals surface area (Å²) in [7, 11) is -4.06. The van der Waals surface area contributed by atoms with Crippen molar-refractivity contribution in [2.75, 3.05) is 28.9 Å². The van der Waals surface area contributed by atoms with Crippen LogP contribution in [0, 0.1) is 11.6 Å². The summed E-state index contributed by atoms with van der Waals surface area (Å²) in [6.07, 6.45) is 9.40. The highest BCUT2D eigenvalue weighted by Crippen LogP contribution is 2.34. The van der Waals surface area contributed by atoms with Crippen molar-refractivity contribution in [1.82, 2.24) is 20.3 Å². The number of pyridine rings is 1. The van der Waals surface area contributed by atoms with Crippen LogP contribution in [0.25, 0.3) is 11.3 Å². The maximum absolute atomic E-state index is 15.0. The number of hydrogen-bond acceptors (Lipinski definition) is 9. The number of nitrogens with zero attached hydrogens (tertiary/aromatic N) is 4. The van der Waals surface area contributed by atoms with E-state index in [0.29, 0.717) is 22.8 Å². The molecule has 0 amide bonds. The summed E-state index contributed by atoms with van der Waals surface area (Å²) < 4.78 is 62.8. The second-order valence-electron chi connectivity index (χ2n) is 8.87. The molecule has 0 spiro atoms. The number of ether oxygens (including phenoxy) is 1. The lowest BCUT2D eigenvalue weighted by Crippen LogP contribution is -2.38. The number of aromatic nitrogens is 3. The normalized spacial score (nSPS) is 16.1. The molecule has 1 aliphatic rings. The van der Waals surface area contributed by atoms with Gasteiger partial charge in [0.25, 0.3) is 0 Å². The lowest BCUT2D eigenvalue weighted by atomic mass is 10.1. The maximum atomic E-state index is 15.0. The Kier molecular flexibility index (Phi) is 9.51. The Morgan fingerprint density at radius 3 is 2.83 bits per heavy atom. The molecule has 3 heterocycles. The summed E-state index contributed by atoms with van der Waals surface area (Å²) in [6.45, 7) is 6.71. The van der Waals surface area contributed by atoms with E-state index in [0.717, 1.165) is 38.1 Å². The van der Waals surface area contributed by atoms with Crippen LogP contribution in [0.5, 0.6) is 11.6 Å². The third kappa shape index (κ3) is 7.45. The minimum Gasteiger partial charge on any atom is -0.435 e. The quantitative estimate of drug-likeness (QED) is 0.224. The van der Waals surface area contributed by atoms with Crippen molar-refractivity contribution in [1.29, 1.82) is 0 Å². The monoisotopic (exact) mass is 569 g/mol. The van der Waals surface area contributed by atoms with Gasteiger partial charge in [-0.2, -0.15) is 4.39 Å². The molecule has 1 saturated heterocycles. The Hall–Kier alpha value is -4.23. The van der Waals surface area contributed by atoms with E-state index in [-0.39, 0.29) is 11.9 Å². The topological polar surface area (TPSA) is 130 Å². The minimum absolute atomic E-state index is 0.0153. The van der Waals surface area contributed by atoms with Crippen molar-refractivity contribution in [3.05, 3.63) is 78.3 Å². The highest BCUT2D eigenvalue weighted by molar-refractivity contribution is 7.92. The molecule has 13 heteroatoms. The van der Waals surface area contributed by atoms with Gasteiger partial charge < -0.3 is 15.4 Å². The van der Waals surface area contributed by atoms with Gasteiger partial charge in [-0.25, -0.2) is 27.8 Å². The number of aliphatic imine (C=N–C) groups is 1. The van der Waals surface area contributed by atoms with Crippen molar-refractivity contribution in [3.63, 3.8) is 0 Å². The average Bonchev–Trinajstić information content (AvgIpc) is 2.96. The van der Waals surface area contributed by atoms with E-state index >= 15 is 4.39 Å². The number of hydrogen-bond donors (Lipinski definition) is 3. The SMILES string of the molecule is C=N/C=C\C(=C/C)CS(=O)(=O)Nc1ccc(Oc2ncccc2-c2ccnc(N[C@H]3CCCNC3)n2)c(F)c1F. The molecule has 3 aromatic rings. The molecule has 40 heavy (non-hydrogen) atoms. The predicted octanol–water partition coefficient (Wildman–Crippen LogP) is 4.68. The Morgan fingerprint density at radius 2 is 2.08 bits per heavy atom. The second kappa shape index (κ2) is 13.2. The summed E-state index contributed by atoms with van der Waals surface area (Å²) in [5.74, 6) is -3.34. The van der Waals surface area contributed by atoms with E-state index < -0.39 is 38.8 Å². The highest BCUT2D eigenvalue weighted by Gasteiger charge is 2.22. The van der Waals surface area contributed by atoms with E-state index in [1.54, 1.807) is 37.4 Å². The van der Waals surface area contributed by atoms with Crippen molar-refractivity contribution >= 4 is 28.4 Å². The molecule has 1 aliphatic heterocycles. The number of piperidine rings is 1. The fourth-order valence-electron chi connectivity index (χ4n) is 4.00. The van der Waals surface area contributed by atoms with Gasteiger partial charge in [-0.1, -0.05) is 6.08 Å². The van der Waals surface area contributed by atoms with Gasteiger partial charge >= 0.3 is 0 Å². The number of halogens is 2. The molecule has 10 nitrogen and oxygen atoms in total. The first kappa shape index (κ1) is 28.8. The van der Waals surface area contributed by atoms with E-state index in [1.165, 1.54) is 18.5 Å². The molecule has 0 radical (unpaired) electrons. The Balaban J connectivity index is 1.54. The molecule has 2 aromatic heterocycles. The summed E-state index contributed by atoms with van der Waals surface area (Å²) in [4.78, 5) is 16.5. The van der Waals surface area contributed by atoms with E-state index in [9.17, 15) is 12.8 Å². The minimum atomic E-state index is -4.06. The summed E-state index contributed by atoms with van der Waals surface area (Å²) in [5, 5.41) is 6.62. The molecule has 0 saturated carbocycles. The summed E-state index contributed by atoms with van der Waals surface area (Å²) >= 11 is 0. The van der Waals surface area contributed by atoms with Crippen LogP contribution < -0.4 is 20.1 Å². The number of nitrogens with one attached hydrogen (secondary N) is 3. The molecule has 1 fully saturated rings. The fraction of sp³-hybridized carbons (Fsp3) is 0.259. The van der Waals surface area contributed by atoms with Crippen LogP contribution >= 0.6 is 0 Å². The highest BCUT2D eigenvalue weighted by atomic mass is 32.2. The van der Waals surface area contributed by atoms with Crippen molar-refractivity contribution in [3.8, 4) is 22.9 Å². The zero-order chi connectivity index (χ0) is 28.5. The number of rotatable bonds is 11. The molecule has 1 atom stereocenters. The number of sulfonamides is 1. The van der Waals surface area contributed by atoms with Crippen molar-refractivity contribution in [2.24, 2.45) is 4.99 Å². The lowest BCUT2D eigenvalue weighted by molar-refractivity contribution is 0.407. The van der Waals surface area contributed by atoms with Gasteiger partial charge in [0.1, 0.15) is 0 Å². The predicted molar refractivity (Wildman–Crippen MR) is 151 cm³/mol. The summed E-state index contributed by atoms with van der Waals surface area (Å²) in [5.41, 5.74) is 0.730. The number of allylic oxidation sites excluding steroid dienone is 2. The smallest absolute Gasteiger partial charge is 0.237 e. The van der Waals surface area contributed by atoms with Crippen LogP contribution in [-0.2, 0) is 10.0 Å². The lowest BCUT2D eigenvalue weighted by Gasteiger charge is -2.23. The van der Waals surface area contributed by atoms with E-state index in [1.807, 2.05) is 0 Å². The van der Waals surface area contributed by atoms with Crippen LogP contribution in [0.3, 0.4) is 0 Å². The van der Waals surface area contributed by atoms with Crippen molar-refractivity contribution in [2.45, 2.75) is 25.8 Å². The van der Waals surface area contributed by atoms with Gasteiger partial charge in [0.2, 0.25) is 27.7 Å². The largest absolute Gasteiger partial charge is 0.435 e. The van der Waals surface area contributed by atoms with E-state index in [4.69, 9.17) is 4.74 Å². The average molecular weight is 570 g/mol. The van der Waals surface area contributed by atoms with Crippen LogP contribution in [0.15, 0.2) is 71.6 Å². The van der Waals surface area contributed by atoms with Gasteiger partial charge in [-0.15, -0.1) is 0 Å². The van der Waals surface area contributed by atoms with Gasteiger partial charge in [0.15, 0.2) is 11.6 Å². The zero-order valence-electron chi connectivity index (χ0n) is 21.8. The first-order valence-electron chi connectivity index (χ1n) is 12.5. The Bertz CT molecular complexity index is 1520. The number of anilines is 2. The van der Waals surface area contributed by atoms with Crippen LogP contribution in [0.1, 0.15) is 19.8 Å². The van der Waals surface area contributed by atoms with Gasteiger partial charge in [-0.3, -0.25) is 9.71 Å². The van der Waals surface area contributed by atoms with Gasteiger partial charge in [0.05, 0.1) is 22.7 Å². The van der Waals surface area contributed by atoms with Crippen LogP contribution in [0.4, 0.5) is 20.4 Å². The summed E-state index contributed by atoms with van der Waals surface area (Å²) in [6, 6.07) is 7.39. The third-order valence-corrected chi connectivity index (χ3v) is 7.22. The zero-order valence-corrected chi connectivity index (χ0v) is 22.6. The third-order valence-electron chi connectivity index (χ3n) is 5.97. The molecule has 0 bridgehead atoms. The molecule has 3 N–H and O–H groups in total. The fourth-order valence-corrected chi connectivity index (χ4v) is 5.26. The Morgan fingerprint density at radius 1 is 1.23 bits per heavy atom. The van der Waals surface area contributed by atoms with Crippen LogP contribution in [0.2, 0.25) is 0 Å². The molecular formula is C27H29F2N7O3S. The van der Waals surface area contributed by atoms with Gasteiger partial charge in [-0.05, 0) is 75.0 Å². The van der Waals surface area contributed by atoms with Gasteiger partial charge in [0, 0.05) is 31.2 Å². The molecule has 1 aromatic carbocycles. The molecule has 0 unspecified atom stereocenters. The second-order valence-corrected chi connectivity index (χ2v) is 10.6. The first-order chi connectivity index (χ1) is 19.3. The molecule has 4 rings (SSSR count). The van der Waals surface area contributed by atoms with E-state index in [2.05, 4.69) is 42.0 Å². The Labute approximate surface area is 231 Å². The molecule has 210 valence electrons. The number of benzene rings is 1. The molecule has 0 aliphatic carbocycles. The standard InChI is InChI=1S/C27H29F2N7O3S/c1-3-18(10-14-30-2)17-40(37,38)36-22-8-9-23(25(29)24(22)28)39-26-20(7-5-13-32-26)21-11-15-33-27(35-21)34-19-6-4-12-31-16-19/h3,5,7-11,13-15,19,31,36H,2,4,6,12,16-17H2,1H3,(H,33,34,35)/b14-10-,18-3+/t19-/m0/s1. The maximum Gasteiger partial charge on any atom is 0.237 e.